The molecule has 1 aliphatic heterocycles. The molecule has 1 aromatic carbocycles. The number of hydrogen-bond donors (Lipinski definition) is 2. The molecule has 0 atom stereocenters. The summed E-state index contributed by atoms with van der Waals surface area (Å²) in [7, 11) is -0.331. The van der Waals surface area contributed by atoms with Gasteiger partial charge in [-0.05, 0) is 70.6 Å². The fourth-order valence-electron chi connectivity index (χ4n) is 2.19. The van der Waals surface area contributed by atoms with Gasteiger partial charge in [0.25, 0.3) is 0 Å². The second kappa shape index (κ2) is 6.93. The van der Waals surface area contributed by atoms with Gasteiger partial charge in [0.15, 0.2) is 0 Å². The molecule has 0 bridgehead atoms. The van der Waals surface area contributed by atoms with E-state index in [4.69, 9.17) is 14.4 Å². The summed E-state index contributed by atoms with van der Waals surface area (Å²) < 4.78 is 15.5. The lowest BCUT2D eigenvalue weighted by atomic mass is 9.76. The van der Waals surface area contributed by atoms with E-state index in [-0.39, 0.29) is 24.9 Å². The number of hydrogen-bond acceptors (Lipinski definition) is 5. The standard InChI is InChI=1S/C16H26BNO3S/c1-12-7-8-13(22-18-9-6-10-19)11-14(12)17-20-15(2,3)16(4,5)21-17/h7-8,11,18-19H,6,9-10H2,1-5H3. The van der Waals surface area contributed by atoms with Gasteiger partial charge >= 0.3 is 7.12 Å². The van der Waals surface area contributed by atoms with Gasteiger partial charge < -0.3 is 14.4 Å². The zero-order valence-electron chi connectivity index (χ0n) is 14.1. The number of rotatable bonds is 6. The first-order valence-electron chi connectivity index (χ1n) is 7.73. The molecule has 0 aromatic heterocycles. The molecule has 1 saturated heterocycles. The normalized spacial score (nSPS) is 19.6. The molecular formula is C16H26BNO3S. The number of aliphatic hydroxyl groups excluding tert-OH is 1. The van der Waals surface area contributed by atoms with E-state index in [0.717, 1.165) is 23.3 Å². The highest BCUT2D eigenvalue weighted by Crippen LogP contribution is 2.36. The van der Waals surface area contributed by atoms with Gasteiger partial charge in [0, 0.05) is 18.0 Å². The van der Waals surface area contributed by atoms with Crippen LogP contribution in [0.15, 0.2) is 23.1 Å². The van der Waals surface area contributed by atoms with Crippen LogP contribution >= 0.6 is 11.9 Å². The number of aryl methyl sites for hydroxylation is 1. The lowest BCUT2D eigenvalue weighted by Crippen LogP contribution is -2.41. The molecule has 122 valence electrons. The Hall–Kier alpha value is -0.525. The van der Waals surface area contributed by atoms with Crippen LogP contribution in [-0.2, 0) is 9.31 Å². The highest BCUT2D eigenvalue weighted by molar-refractivity contribution is 7.97. The van der Waals surface area contributed by atoms with E-state index in [1.54, 1.807) is 11.9 Å². The van der Waals surface area contributed by atoms with E-state index in [1.807, 2.05) is 0 Å². The maximum Gasteiger partial charge on any atom is 0.495 e. The molecule has 2 rings (SSSR count). The van der Waals surface area contributed by atoms with Gasteiger partial charge in [0.2, 0.25) is 0 Å². The monoisotopic (exact) mass is 323 g/mol. The molecule has 1 fully saturated rings. The molecule has 0 amide bonds. The Morgan fingerprint density at radius 3 is 2.41 bits per heavy atom. The Morgan fingerprint density at radius 1 is 1.18 bits per heavy atom. The third-order valence-corrected chi connectivity index (χ3v) is 5.22. The quantitative estimate of drug-likeness (QED) is 0.478. The van der Waals surface area contributed by atoms with Crippen LogP contribution in [-0.4, -0.2) is 36.6 Å². The first-order chi connectivity index (χ1) is 10.3. The van der Waals surface area contributed by atoms with E-state index < -0.39 is 0 Å². The summed E-state index contributed by atoms with van der Waals surface area (Å²) in [5, 5.41) is 8.80. The molecule has 0 spiro atoms. The van der Waals surface area contributed by atoms with Crippen LogP contribution in [0.5, 0.6) is 0 Å². The Kier molecular flexibility index (Phi) is 5.61. The van der Waals surface area contributed by atoms with Crippen molar-refractivity contribution < 1.29 is 14.4 Å². The summed E-state index contributed by atoms with van der Waals surface area (Å²) in [6.45, 7) is 11.3. The molecule has 0 unspecified atom stereocenters. The second-order valence-electron chi connectivity index (χ2n) is 6.68. The summed E-state index contributed by atoms with van der Waals surface area (Å²) in [6, 6.07) is 6.30. The highest BCUT2D eigenvalue weighted by Gasteiger charge is 2.52. The van der Waals surface area contributed by atoms with Gasteiger partial charge in [0.05, 0.1) is 11.2 Å². The number of benzene rings is 1. The fourth-order valence-corrected chi connectivity index (χ4v) is 2.93. The van der Waals surface area contributed by atoms with Crippen molar-refractivity contribution in [3.8, 4) is 0 Å². The van der Waals surface area contributed by atoms with Gasteiger partial charge in [-0.2, -0.15) is 0 Å². The van der Waals surface area contributed by atoms with Crippen LogP contribution in [0, 0.1) is 6.92 Å². The summed E-state index contributed by atoms with van der Waals surface area (Å²) in [4.78, 5) is 1.12. The second-order valence-corrected chi connectivity index (χ2v) is 7.64. The smallest absolute Gasteiger partial charge is 0.399 e. The first-order valence-corrected chi connectivity index (χ1v) is 8.55. The number of aliphatic hydroxyl groups is 1. The topological polar surface area (TPSA) is 50.7 Å². The average Bonchev–Trinajstić information content (AvgIpc) is 2.65. The van der Waals surface area contributed by atoms with Crippen LogP contribution in [0.2, 0.25) is 0 Å². The molecule has 2 N–H and O–H groups in total. The van der Waals surface area contributed by atoms with Gasteiger partial charge in [-0.15, -0.1) is 0 Å². The molecule has 6 heteroatoms. The minimum absolute atomic E-state index is 0.209. The summed E-state index contributed by atoms with van der Waals surface area (Å²) in [5.41, 5.74) is 1.59. The minimum Gasteiger partial charge on any atom is -0.399 e. The van der Waals surface area contributed by atoms with Crippen LogP contribution in [0.1, 0.15) is 39.7 Å². The predicted octanol–water partition coefficient (Wildman–Crippen LogP) is 2.27. The molecule has 1 heterocycles. The third kappa shape index (κ3) is 3.86. The Labute approximate surface area is 138 Å². The zero-order chi connectivity index (χ0) is 16.4. The maximum atomic E-state index is 8.80. The molecule has 0 radical (unpaired) electrons. The molecule has 0 aliphatic carbocycles. The zero-order valence-corrected chi connectivity index (χ0v) is 14.9. The fraction of sp³-hybridized carbons (Fsp3) is 0.625. The van der Waals surface area contributed by atoms with Crippen molar-refractivity contribution >= 4 is 24.5 Å². The largest absolute Gasteiger partial charge is 0.495 e. The van der Waals surface area contributed by atoms with Crippen molar-refractivity contribution in [2.45, 2.75) is 57.1 Å². The highest BCUT2D eigenvalue weighted by atomic mass is 32.2. The van der Waals surface area contributed by atoms with Crippen LogP contribution in [0.25, 0.3) is 0 Å². The molecule has 1 aromatic rings. The summed E-state index contributed by atoms with van der Waals surface area (Å²) in [5.74, 6) is 0. The van der Waals surface area contributed by atoms with Crippen molar-refractivity contribution in [1.29, 1.82) is 0 Å². The van der Waals surface area contributed by atoms with Crippen molar-refractivity contribution in [3.05, 3.63) is 23.8 Å². The average molecular weight is 323 g/mol. The third-order valence-electron chi connectivity index (χ3n) is 4.38. The van der Waals surface area contributed by atoms with Crippen molar-refractivity contribution in [2.75, 3.05) is 13.2 Å². The molecule has 4 nitrogen and oxygen atoms in total. The SMILES string of the molecule is Cc1ccc(SNCCCO)cc1B1OC(C)(C)C(C)(C)O1. The van der Waals surface area contributed by atoms with E-state index in [2.05, 4.69) is 57.5 Å². The Balaban J connectivity index is 2.11. The number of nitrogens with one attached hydrogen (secondary N) is 1. The minimum atomic E-state index is -0.331. The van der Waals surface area contributed by atoms with Crippen LogP contribution < -0.4 is 10.2 Å². The summed E-state index contributed by atoms with van der Waals surface area (Å²) >= 11 is 1.57. The van der Waals surface area contributed by atoms with Gasteiger partial charge in [-0.25, -0.2) is 0 Å². The summed E-state index contributed by atoms with van der Waals surface area (Å²) in [6.07, 6.45) is 0.753. The lowest BCUT2D eigenvalue weighted by Gasteiger charge is -2.32. The van der Waals surface area contributed by atoms with Gasteiger partial charge in [-0.1, -0.05) is 11.6 Å². The predicted molar refractivity (Wildman–Crippen MR) is 92.5 cm³/mol. The van der Waals surface area contributed by atoms with Crippen LogP contribution in [0.4, 0.5) is 0 Å². The van der Waals surface area contributed by atoms with Gasteiger partial charge in [-0.3, -0.25) is 4.72 Å². The van der Waals surface area contributed by atoms with E-state index in [1.165, 1.54) is 5.56 Å². The molecular weight excluding hydrogens is 297 g/mol. The van der Waals surface area contributed by atoms with Crippen molar-refractivity contribution in [3.63, 3.8) is 0 Å². The first kappa shape index (κ1) is 17.8. The van der Waals surface area contributed by atoms with E-state index in [9.17, 15) is 0 Å². The van der Waals surface area contributed by atoms with Crippen molar-refractivity contribution in [2.24, 2.45) is 0 Å². The molecule has 22 heavy (non-hydrogen) atoms. The van der Waals surface area contributed by atoms with Crippen molar-refractivity contribution in [1.82, 2.24) is 4.72 Å². The maximum absolute atomic E-state index is 8.80. The Bertz CT molecular complexity index is 506. The lowest BCUT2D eigenvalue weighted by molar-refractivity contribution is 0.00578. The molecule has 0 saturated carbocycles. The molecule has 1 aliphatic rings. The van der Waals surface area contributed by atoms with E-state index >= 15 is 0 Å². The van der Waals surface area contributed by atoms with E-state index in [0.29, 0.717) is 0 Å². The van der Waals surface area contributed by atoms with Gasteiger partial charge in [0.1, 0.15) is 0 Å². The Morgan fingerprint density at radius 2 is 1.82 bits per heavy atom. The van der Waals surface area contributed by atoms with Crippen LogP contribution in [0.3, 0.4) is 0 Å².